The van der Waals surface area contributed by atoms with Gasteiger partial charge < -0.3 is 10.6 Å². The number of benzene rings is 1. The first-order valence-electron chi connectivity index (χ1n) is 8.66. The molecule has 1 atom stereocenters. The summed E-state index contributed by atoms with van der Waals surface area (Å²) in [5.41, 5.74) is 1.82. The number of hydrogen-bond acceptors (Lipinski definition) is 4. The van der Waals surface area contributed by atoms with Crippen LogP contribution in [0.5, 0.6) is 0 Å². The average molecular weight is 379 g/mol. The van der Waals surface area contributed by atoms with E-state index in [2.05, 4.69) is 15.6 Å². The molecule has 7 nitrogen and oxygen atoms in total. The lowest BCUT2D eigenvalue weighted by Crippen LogP contribution is -2.53. The smallest absolute Gasteiger partial charge is 0.330 e. The molecule has 142 valence electrons. The van der Waals surface area contributed by atoms with Crippen molar-refractivity contribution in [3.05, 3.63) is 65.4 Å². The highest BCUT2D eigenvalue weighted by molar-refractivity contribution is 5.96. The molecule has 1 unspecified atom stereocenters. The predicted molar refractivity (Wildman–Crippen MR) is 100 cm³/mol. The molecular formula is C20H18FN5O2. The maximum atomic E-state index is 14.8. The van der Waals surface area contributed by atoms with Crippen molar-refractivity contribution in [1.82, 2.24) is 20.5 Å². The van der Waals surface area contributed by atoms with Gasteiger partial charge in [-0.15, -0.1) is 0 Å². The topological polar surface area (TPSA) is 98.1 Å². The largest absolute Gasteiger partial charge is 0.338 e. The summed E-state index contributed by atoms with van der Waals surface area (Å²) >= 11 is 0. The van der Waals surface area contributed by atoms with Crippen LogP contribution in [0.3, 0.4) is 0 Å². The second-order valence-electron chi connectivity index (χ2n) is 6.17. The molecule has 3 rings (SSSR count). The van der Waals surface area contributed by atoms with Gasteiger partial charge in [-0.2, -0.15) is 5.26 Å². The molecule has 2 N–H and O–H groups in total. The zero-order valence-electron chi connectivity index (χ0n) is 15.4. The predicted octanol–water partition coefficient (Wildman–Crippen LogP) is 3.48. The Kier molecular flexibility index (Phi) is 5.36. The monoisotopic (exact) mass is 379 g/mol. The highest BCUT2D eigenvalue weighted by Gasteiger charge is 2.40. The molecule has 0 saturated heterocycles. The number of imide groups is 1. The molecule has 0 aliphatic carbocycles. The van der Waals surface area contributed by atoms with Crippen molar-refractivity contribution in [2.24, 2.45) is 0 Å². The van der Waals surface area contributed by atoms with Gasteiger partial charge in [0, 0.05) is 35.8 Å². The number of hydrogen-bond donors (Lipinski definition) is 2. The number of aromatic nitrogens is 1. The molecule has 1 aliphatic rings. The SMILES string of the molecule is CCNC(=O)N1C(=O)NC(C)=C(C#N)C1c1cc(-c2cccnc2)ccc1F. The Morgan fingerprint density at radius 1 is 1.39 bits per heavy atom. The Hall–Kier alpha value is -3.73. The summed E-state index contributed by atoms with van der Waals surface area (Å²) in [6.45, 7) is 3.52. The van der Waals surface area contributed by atoms with E-state index in [-0.39, 0.29) is 23.4 Å². The fourth-order valence-electron chi connectivity index (χ4n) is 3.09. The third-order valence-corrected chi connectivity index (χ3v) is 4.40. The third kappa shape index (κ3) is 3.42. The van der Waals surface area contributed by atoms with Crippen LogP contribution >= 0.6 is 0 Å². The lowest BCUT2D eigenvalue weighted by atomic mass is 9.92. The van der Waals surface area contributed by atoms with Crippen LogP contribution in [0.15, 0.2) is 54.0 Å². The van der Waals surface area contributed by atoms with Gasteiger partial charge in [0.25, 0.3) is 0 Å². The van der Waals surface area contributed by atoms with Gasteiger partial charge in [0.1, 0.15) is 11.9 Å². The van der Waals surface area contributed by atoms with Gasteiger partial charge in [0.2, 0.25) is 0 Å². The molecule has 8 heteroatoms. The summed E-state index contributed by atoms with van der Waals surface area (Å²) in [4.78, 5) is 29.9. The molecule has 1 aromatic carbocycles. The summed E-state index contributed by atoms with van der Waals surface area (Å²) in [6, 6.07) is 7.32. The van der Waals surface area contributed by atoms with E-state index in [1.165, 1.54) is 12.1 Å². The Morgan fingerprint density at radius 2 is 2.18 bits per heavy atom. The number of allylic oxidation sites excluding steroid dienone is 1. The second-order valence-corrected chi connectivity index (χ2v) is 6.17. The number of nitrogens with one attached hydrogen (secondary N) is 2. The Balaban J connectivity index is 2.19. The van der Waals surface area contributed by atoms with E-state index in [0.29, 0.717) is 5.56 Å². The minimum absolute atomic E-state index is 0.0540. The molecule has 4 amide bonds. The lowest BCUT2D eigenvalue weighted by molar-refractivity contribution is 0.173. The first-order chi connectivity index (χ1) is 13.5. The number of amides is 4. The first-order valence-corrected chi connectivity index (χ1v) is 8.66. The van der Waals surface area contributed by atoms with Gasteiger partial charge in [0.05, 0.1) is 11.6 Å². The van der Waals surface area contributed by atoms with E-state index < -0.39 is 23.9 Å². The second kappa shape index (κ2) is 7.88. The van der Waals surface area contributed by atoms with Crippen molar-refractivity contribution < 1.29 is 14.0 Å². The third-order valence-electron chi connectivity index (χ3n) is 4.40. The van der Waals surface area contributed by atoms with Gasteiger partial charge in [-0.05, 0) is 37.6 Å². The zero-order chi connectivity index (χ0) is 20.3. The molecule has 0 radical (unpaired) electrons. The first kappa shape index (κ1) is 19.0. The number of halogens is 1. The zero-order valence-corrected chi connectivity index (χ0v) is 15.4. The minimum atomic E-state index is -1.18. The van der Waals surface area contributed by atoms with Crippen LogP contribution in [0.1, 0.15) is 25.5 Å². The number of carbonyl (C=O) groups is 2. The van der Waals surface area contributed by atoms with Crippen molar-refractivity contribution in [3.8, 4) is 17.2 Å². The average Bonchev–Trinajstić information content (AvgIpc) is 2.68. The van der Waals surface area contributed by atoms with E-state index in [1.54, 1.807) is 38.4 Å². The fourth-order valence-corrected chi connectivity index (χ4v) is 3.09. The van der Waals surface area contributed by atoms with Crippen LogP contribution in [-0.4, -0.2) is 28.5 Å². The van der Waals surface area contributed by atoms with Crippen LogP contribution in [0.4, 0.5) is 14.0 Å². The fraction of sp³-hybridized carbons (Fsp3) is 0.200. The highest BCUT2D eigenvalue weighted by atomic mass is 19.1. The molecule has 0 spiro atoms. The van der Waals surface area contributed by atoms with Crippen LogP contribution in [0.2, 0.25) is 0 Å². The van der Waals surface area contributed by atoms with Crippen molar-refractivity contribution >= 4 is 12.1 Å². The molecule has 0 saturated carbocycles. The van der Waals surface area contributed by atoms with Gasteiger partial charge in [-0.25, -0.2) is 18.9 Å². The quantitative estimate of drug-likeness (QED) is 0.853. The number of carbonyl (C=O) groups excluding carboxylic acids is 2. The Labute approximate surface area is 161 Å². The Bertz CT molecular complexity index is 997. The molecule has 28 heavy (non-hydrogen) atoms. The molecule has 2 aromatic rings. The molecule has 1 aliphatic heterocycles. The number of nitriles is 1. The van der Waals surface area contributed by atoms with Gasteiger partial charge in [-0.3, -0.25) is 4.98 Å². The Morgan fingerprint density at radius 3 is 2.82 bits per heavy atom. The standard InChI is InChI=1S/C20H18FN5O2/c1-3-24-19(27)26-18(16(10-22)12(2)25-20(26)28)15-9-13(6-7-17(15)21)14-5-4-8-23-11-14/h4-9,11,18H,3H2,1-2H3,(H,24,27)(H,25,28). The van der Waals surface area contributed by atoms with Gasteiger partial charge in [-0.1, -0.05) is 12.1 Å². The van der Waals surface area contributed by atoms with Crippen LogP contribution < -0.4 is 10.6 Å². The highest BCUT2D eigenvalue weighted by Crippen LogP contribution is 2.36. The molecular weight excluding hydrogens is 361 g/mol. The van der Waals surface area contributed by atoms with E-state index in [4.69, 9.17) is 0 Å². The van der Waals surface area contributed by atoms with E-state index in [0.717, 1.165) is 10.5 Å². The summed E-state index contributed by atoms with van der Waals surface area (Å²) in [6.07, 6.45) is 3.24. The van der Waals surface area contributed by atoms with Gasteiger partial charge in [0.15, 0.2) is 0 Å². The number of pyridine rings is 1. The number of urea groups is 2. The van der Waals surface area contributed by atoms with E-state index >= 15 is 0 Å². The van der Waals surface area contributed by atoms with Crippen molar-refractivity contribution in [3.63, 3.8) is 0 Å². The minimum Gasteiger partial charge on any atom is -0.338 e. The normalized spacial score (nSPS) is 16.4. The molecule has 0 fully saturated rings. The molecule has 2 heterocycles. The van der Waals surface area contributed by atoms with Crippen molar-refractivity contribution in [2.75, 3.05) is 6.54 Å². The lowest BCUT2D eigenvalue weighted by Gasteiger charge is -2.35. The maximum absolute atomic E-state index is 14.8. The number of rotatable bonds is 3. The summed E-state index contributed by atoms with van der Waals surface area (Å²) in [5, 5.41) is 14.7. The number of nitrogens with zero attached hydrogens (tertiary/aromatic N) is 3. The summed E-state index contributed by atoms with van der Waals surface area (Å²) in [5.74, 6) is -0.623. The van der Waals surface area contributed by atoms with Crippen LogP contribution in [0, 0.1) is 17.1 Å². The van der Waals surface area contributed by atoms with Crippen molar-refractivity contribution in [1.29, 1.82) is 5.26 Å². The van der Waals surface area contributed by atoms with E-state index in [1.807, 2.05) is 12.1 Å². The summed E-state index contributed by atoms with van der Waals surface area (Å²) < 4.78 is 14.8. The van der Waals surface area contributed by atoms with Crippen LogP contribution in [-0.2, 0) is 0 Å². The molecule has 0 bridgehead atoms. The van der Waals surface area contributed by atoms with Crippen LogP contribution in [0.25, 0.3) is 11.1 Å². The van der Waals surface area contributed by atoms with E-state index in [9.17, 15) is 19.2 Å². The van der Waals surface area contributed by atoms with Crippen molar-refractivity contribution in [2.45, 2.75) is 19.9 Å². The summed E-state index contributed by atoms with van der Waals surface area (Å²) in [7, 11) is 0. The van der Waals surface area contributed by atoms with Gasteiger partial charge >= 0.3 is 12.1 Å². The maximum Gasteiger partial charge on any atom is 0.330 e. The molecule has 1 aromatic heterocycles.